The molecule has 0 bridgehead atoms. The monoisotopic (exact) mass is 572 g/mol. The molecule has 1 N–H and O–H groups in total. The Morgan fingerprint density at radius 1 is 1.05 bits per heavy atom. The van der Waals surface area contributed by atoms with E-state index in [4.69, 9.17) is 16.6 Å². The molecule has 0 aliphatic rings. The lowest BCUT2D eigenvalue weighted by Crippen LogP contribution is -2.27. The average molecular weight is 573 g/mol. The molecule has 0 aliphatic carbocycles. The van der Waals surface area contributed by atoms with Crippen molar-refractivity contribution in [2.45, 2.75) is 12.5 Å². The number of hydrogen-bond acceptors (Lipinski definition) is 7. The Balaban J connectivity index is 1.49. The lowest BCUT2D eigenvalue weighted by atomic mass is 10.0. The zero-order chi connectivity index (χ0) is 27.8. The van der Waals surface area contributed by atoms with Crippen LogP contribution in [-0.4, -0.2) is 40.8 Å². The van der Waals surface area contributed by atoms with Gasteiger partial charge in [-0.1, -0.05) is 41.9 Å². The molecule has 1 atom stereocenters. The topological polar surface area (TPSA) is 116 Å². The van der Waals surface area contributed by atoms with Gasteiger partial charge >= 0.3 is 5.97 Å². The molecule has 0 amide bonds. The molecular weight excluding hydrogens is 555 g/mol. The van der Waals surface area contributed by atoms with Crippen LogP contribution < -0.4 is 5.56 Å². The van der Waals surface area contributed by atoms with Crippen LogP contribution in [0.3, 0.4) is 0 Å². The minimum Gasteiger partial charge on any atom is -0.478 e. The number of pyridine rings is 1. The average Bonchev–Trinajstić information content (AvgIpc) is 3.63. The normalized spacial score (nSPS) is 12.1. The van der Waals surface area contributed by atoms with Gasteiger partial charge in [-0.2, -0.15) is 4.68 Å². The summed E-state index contributed by atoms with van der Waals surface area (Å²) in [5.74, 6) is -1.70. The minimum atomic E-state index is -1.05. The molecule has 12 heteroatoms. The minimum absolute atomic E-state index is 0.0445. The van der Waals surface area contributed by atoms with E-state index in [2.05, 4.69) is 15.5 Å². The largest absolute Gasteiger partial charge is 0.478 e. The first kappa shape index (κ1) is 25.5. The number of hydrogen-bond donors (Lipinski definition) is 1. The summed E-state index contributed by atoms with van der Waals surface area (Å²) < 4.78 is 19.2. The number of tetrazole rings is 1. The molecule has 40 heavy (non-hydrogen) atoms. The van der Waals surface area contributed by atoms with E-state index >= 15 is 4.39 Å². The van der Waals surface area contributed by atoms with Gasteiger partial charge in [0.05, 0.1) is 27.5 Å². The van der Waals surface area contributed by atoms with Crippen LogP contribution in [0.4, 0.5) is 4.39 Å². The second kappa shape index (κ2) is 10.4. The highest BCUT2D eigenvalue weighted by Gasteiger charge is 2.23. The molecule has 6 rings (SSSR count). The lowest BCUT2D eigenvalue weighted by Gasteiger charge is -2.19. The summed E-state index contributed by atoms with van der Waals surface area (Å²) in [4.78, 5) is 29.8. The first-order chi connectivity index (χ1) is 19.4. The molecular formula is C28H18ClFN6O3S. The van der Waals surface area contributed by atoms with E-state index < -0.39 is 23.4 Å². The van der Waals surface area contributed by atoms with Gasteiger partial charge in [0.25, 0.3) is 5.56 Å². The lowest BCUT2D eigenvalue weighted by molar-refractivity contribution is 0.0697. The van der Waals surface area contributed by atoms with Gasteiger partial charge in [0.2, 0.25) is 0 Å². The van der Waals surface area contributed by atoms with E-state index in [1.165, 1.54) is 45.2 Å². The quantitative estimate of drug-likeness (QED) is 0.271. The summed E-state index contributed by atoms with van der Waals surface area (Å²) in [5, 5.41) is 21.5. The molecule has 0 spiro atoms. The molecule has 0 saturated carbocycles. The van der Waals surface area contributed by atoms with Crippen molar-refractivity contribution in [3.05, 3.63) is 123 Å². The van der Waals surface area contributed by atoms with Crippen LogP contribution >= 0.6 is 22.9 Å². The Morgan fingerprint density at radius 2 is 1.88 bits per heavy atom. The second-order valence-corrected chi connectivity index (χ2v) is 10.4. The third-order valence-corrected chi connectivity index (χ3v) is 7.78. The molecule has 1 unspecified atom stereocenters. The maximum Gasteiger partial charge on any atom is 0.335 e. The van der Waals surface area contributed by atoms with Gasteiger partial charge < -0.3 is 9.67 Å². The number of benzene rings is 3. The Morgan fingerprint density at radius 3 is 2.62 bits per heavy atom. The van der Waals surface area contributed by atoms with E-state index in [9.17, 15) is 14.7 Å². The molecule has 0 saturated heterocycles. The summed E-state index contributed by atoms with van der Waals surface area (Å²) in [6, 6.07) is 19.5. The number of halogens is 2. The molecule has 0 radical (unpaired) electrons. The van der Waals surface area contributed by atoms with E-state index in [0.717, 1.165) is 5.56 Å². The molecule has 198 valence electrons. The summed E-state index contributed by atoms with van der Waals surface area (Å²) in [5.41, 5.74) is 2.04. The number of nitrogens with zero attached hydrogens (tertiary/aromatic N) is 6. The van der Waals surface area contributed by atoms with Crippen LogP contribution in [0.1, 0.15) is 27.0 Å². The van der Waals surface area contributed by atoms with Crippen molar-refractivity contribution in [2.24, 2.45) is 0 Å². The fraction of sp³-hybridized carbons (Fsp3) is 0.0714. The Labute approximate surface area is 234 Å². The Bertz CT molecular complexity index is 1920. The smallest absolute Gasteiger partial charge is 0.335 e. The third kappa shape index (κ3) is 4.88. The van der Waals surface area contributed by atoms with E-state index in [0.29, 0.717) is 37.9 Å². The maximum absolute atomic E-state index is 15.9. The number of carbonyl (C=O) groups is 1. The second-order valence-electron chi connectivity index (χ2n) is 8.94. The first-order valence-electron chi connectivity index (χ1n) is 12.0. The van der Waals surface area contributed by atoms with E-state index in [1.54, 1.807) is 30.3 Å². The van der Waals surface area contributed by atoms with Crippen LogP contribution in [0.15, 0.2) is 90.1 Å². The van der Waals surface area contributed by atoms with Crippen LogP contribution in [0.2, 0.25) is 5.02 Å². The number of rotatable bonds is 7. The van der Waals surface area contributed by atoms with Gasteiger partial charge in [-0.15, -0.1) is 16.4 Å². The van der Waals surface area contributed by atoms with Crippen molar-refractivity contribution in [3.63, 3.8) is 0 Å². The van der Waals surface area contributed by atoms with Gasteiger partial charge in [-0.3, -0.25) is 4.79 Å². The van der Waals surface area contributed by atoms with Crippen LogP contribution in [0.5, 0.6) is 0 Å². The molecule has 9 nitrogen and oxygen atoms in total. The number of carboxylic acids is 1. The predicted octanol–water partition coefficient (Wildman–Crippen LogP) is 5.42. The van der Waals surface area contributed by atoms with Crippen molar-refractivity contribution in [2.75, 3.05) is 0 Å². The van der Waals surface area contributed by atoms with E-state index in [1.807, 2.05) is 30.3 Å². The fourth-order valence-corrected chi connectivity index (χ4v) is 5.81. The van der Waals surface area contributed by atoms with Crippen molar-refractivity contribution in [3.8, 4) is 16.8 Å². The van der Waals surface area contributed by atoms with Gasteiger partial charge in [0.1, 0.15) is 17.2 Å². The van der Waals surface area contributed by atoms with Crippen molar-refractivity contribution < 1.29 is 14.3 Å². The Hall–Kier alpha value is -4.74. The molecule has 3 heterocycles. The van der Waals surface area contributed by atoms with Gasteiger partial charge in [0, 0.05) is 28.4 Å². The fourth-order valence-electron chi connectivity index (χ4n) is 4.53. The van der Waals surface area contributed by atoms with Gasteiger partial charge in [-0.05, 0) is 58.8 Å². The van der Waals surface area contributed by atoms with Crippen LogP contribution in [0, 0.1) is 5.82 Å². The standard InChI is InChI=1S/C28H18ClFN6O3S/c29-18-7-9-23(36-15-31-33-34-36)20(12-18)19-13-26(37)35(14-21(19)30)24(10-16-4-2-1-3-5-16)27-32-22-8-6-17(28(38)39)11-25(22)40-27/h1-9,11-15,24H,10H2,(H,38,39). The first-order valence-corrected chi connectivity index (χ1v) is 13.2. The van der Waals surface area contributed by atoms with Crippen LogP contribution in [0.25, 0.3) is 27.0 Å². The summed E-state index contributed by atoms with van der Waals surface area (Å²) >= 11 is 7.50. The van der Waals surface area contributed by atoms with Crippen molar-refractivity contribution in [1.29, 1.82) is 0 Å². The number of thiazole rings is 1. The third-order valence-electron chi connectivity index (χ3n) is 6.42. The van der Waals surface area contributed by atoms with E-state index in [-0.39, 0.29) is 11.1 Å². The number of fused-ring (bicyclic) bond motifs is 1. The maximum atomic E-state index is 15.9. The number of aromatic carboxylic acids is 1. The van der Waals surface area contributed by atoms with Gasteiger partial charge in [-0.25, -0.2) is 14.2 Å². The van der Waals surface area contributed by atoms with Crippen molar-refractivity contribution >= 4 is 39.1 Å². The highest BCUT2D eigenvalue weighted by Crippen LogP contribution is 2.34. The zero-order valence-electron chi connectivity index (χ0n) is 20.5. The predicted molar refractivity (Wildman–Crippen MR) is 149 cm³/mol. The molecule has 0 aliphatic heterocycles. The molecule has 3 aromatic heterocycles. The highest BCUT2D eigenvalue weighted by atomic mass is 35.5. The molecule has 0 fully saturated rings. The molecule has 6 aromatic rings. The number of carboxylic acid groups (broad SMARTS) is 1. The number of aromatic nitrogens is 6. The van der Waals surface area contributed by atoms with Gasteiger partial charge in [0.15, 0.2) is 0 Å². The van der Waals surface area contributed by atoms with Crippen LogP contribution in [-0.2, 0) is 6.42 Å². The Kier molecular flexibility index (Phi) is 6.66. The zero-order valence-corrected chi connectivity index (χ0v) is 22.1. The SMILES string of the molecule is O=C(O)c1ccc2nc(C(Cc3ccccc3)n3cc(F)c(-c4cc(Cl)ccc4-n4cnnn4)cc3=O)sc2c1. The van der Waals surface area contributed by atoms with Crippen molar-refractivity contribution in [1.82, 2.24) is 29.8 Å². The summed E-state index contributed by atoms with van der Waals surface area (Å²) in [7, 11) is 0. The summed E-state index contributed by atoms with van der Waals surface area (Å²) in [6.45, 7) is 0. The molecule has 3 aromatic carbocycles. The summed E-state index contributed by atoms with van der Waals surface area (Å²) in [6.07, 6.45) is 2.90. The highest BCUT2D eigenvalue weighted by molar-refractivity contribution is 7.18.